The van der Waals surface area contributed by atoms with E-state index in [1.165, 1.54) is 55.9 Å². The lowest BCUT2D eigenvalue weighted by molar-refractivity contribution is 0.111. The molecule has 0 spiro atoms. The van der Waals surface area contributed by atoms with Gasteiger partial charge in [-0.25, -0.2) is 4.98 Å². The summed E-state index contributed by atoms with van der Waals surface area (Å²) in [4.78, 5) is 7.51. The van der Waals surface area contributed by atoms with Crippen LogP contribution in [0.4, 0.5) is 0 Å². The quantitative estimate of drug-likeness (QED) is 0.922. The molecule has 2 saturated heterocycles. The molecule has 3 heterocycles. The summed E-state index contributed by atoms with van der Waals surface area (Å²) in [6.07, 6.45) is 6.82. The van der Waals surface area contributed by atoms with E-state index in [9.17, 15) is 0 Å². The molecule has 2 aliphatic rings. The van der Waals surface area contributed by atoms with Crippen LogP contribution in [0.25, 0.3) is 0 Å². The minimum atomic E-state index is 0.558. The van der Waals surface area contributed by atoms with Crippen molar-refractivity contribution in [2.45, 2.75) is 70.5 Å². The van der Waals surface area contributed by atoms with E-state index in [-0.39, 0.29) is 0 Å². The van der Waals surface area contributed by atoms with Crippen molar-refractivity contribution in [1.82, 2.24) is 15.2 Å². The average Bonchev–Trinajstić information content (AvgIpc) is 3.10. The third-order valence-corrected chi connectivity index (χ3v) is 5.85. The van der Waals surface area contributed by atoms with Crippen LogP contribution < -0.4 is 5.32 Å². The Bertz CT molecular complexity index is 423. The fourth-order valence-corrected chi connectivity index (χ4v) is 4.40. The number of nitrogens with one attached hydrogen (secondary N) is 1. The molecule has 2 atom stereocenters. The van der Waals surface area contributed by atoms with Gasteiger partial charge in [0.2, 0.25) is 0 Å². The van der Waals surface area contributed by atoms with E-state index in [4.69, 9.17) is 4.98 Å². The van der Waals surface area contributed by atoms with Crippen LogP contribution >= 0.6 is 11.3 Å². The molecule has 112 valence electrons. The maximum Gasteiger partial charge on any atom is 0.0954 e. The summed E-state index contributed by atoms with van der Waals surface area (Å²) in [6.45, 7) is 7.97. The molecule has 1 aromatic rings. The van der Waals surface area contributed by atoms with Gasteiger partial charge < -0.3 is 5.32 Å². The maximum atomic E-state index is 4.82. The van der Waals surface area contributed by atoms with Gasteiger partial charge in [0.25, 0.3) is 0 Å². The number of hydrogen-bond acceptors (Lipinski definition) is 4. The molecule has 1 N–H and O–H groups in total. The van der Waals surface area contributed by atoms with Crippen molar-refractivity contribution in [3.05, 3.63) is 16.1 Å². The molecule has 3 nitrogen and oxygen atoms in total. The highest BCUT2D eigenvalue weighted by Gasteiger charge is 2.31. The van der Waals surface area contributed by atoms with Crippen molar-refractivity contribution in [3.8, 4) is 0 Å². The summed E-state index contributed by atoms with van der Waals surface area (Å²) in [6, 6.07) is 1.45. The Morgan fingerprint density at radius 1 is 1.35 bits per heavy atom. The average molecular weight is 293 g/mol. The van der Waals surface area contributed by atoms with E-state index in [0.717, 1.165) is 18.6 Å². The second-order valence-electron chi connectivity index (χ2n) is 6.57. The van der Waals surface area contributed by atoms with Gasteiger partial charge >= 0.3 is 0 Å². The summed E-state index contributed by atoms with van der Waals surface area (Å²) in [5, 5.41) is 7.26. The zero-order valence-corrected chi connectivity index (χ0v) is 13.6. The van der Waals surface area contributed by atoms with Crippen molar-refractivity contribution in [2.24, 2.45) is 0 Å². The Labute approximate surface area is 126 Å². The molecule has 0 amide bonds. The van der Waals surface area contributed by atoms with E-state index in [2.05, 4.69) is 29.4 Å². The predicted octanol–water partition coefficient (Wildman–Crippen LogP) is 3.37. The molecule has 0 aromatic carbocycles. The first kappa shape index (κ1) is 14.5. The molecule has 2 unspecified atom stereocenters. The first-order chi connectivity index (χ1) is 9.74. The van der Waals surface area contributed by atoms with Crippen LogP contribution in [-0.2, 0) is 6.54 Å². The zero-order chi connectivity index (χ0) is 13.9. The highest BCUT2D eigenvalue weighted by atomic mass is 32.1. The van der Waals surface area contributed by atoms with Crippen LogP contribution in [0.2, 0.25) is 0 Å². The van der Waals surface area contributed by atoms with Crippen molar-refractivity contribution in [3.63, 3.8) is 0 Å². The second-order valence-corrected chi connectivity index (χ2v) is 7.46. The third-order valence-electron chi connectivity index (χ3n) is 4.66. The molecule has 2 fully saturated rings. The van der Waals surface area contributed by atoms with Crippen LogP contribution in [-0.4, -0.2) is 35.1 Å². The summed E-state index contributed by atoms with van der Waals surface area (Å²) in [7, 11) is 0. The fourth-order valence-electron chi connectivity index (χ4n) is 3.58. The number of aromatic nitrogens is 1. The fraction of sp³-hybridized carbons (Fsp3) is 0.812. The van der Waals surface area contributed by atoms with Gasteiger partial charge in [0, 0.05) is 29.9 Å². The third kappa shape index (κ3) is 3.23. The normalized spacial score (nSPS) is 28.4. The van der Waals surface area contributed by atoms with Crippen molar-refractivity contribution in [1.29, 1.82) is 0 Å². The highest BCUT2D eigenvalue weighted by molar-refractivity contribution is 7.09. The van der Waals surface area contributed by atoms with Crippen LogP contribution in [0.1, 0.15) is 62.6 Å². The van der Waals surface area contributed by atoms with E-state index in [1.807, 2.05) is 11.3 Å². The minimum absolute atomic E-state index is 0.558. The first-order valence-corrected chi connectivity index (χ1v) is 9.04. The van der Waals surface area contributed by atoms with Gasteiger partial charge in [0.15, 0.2) is 0 Å². The molecule has 3 rings (SSSR count). The lowest BCUT2D eigenvalue weighted by Crippen LogP contribution is -2.49. The Balaban J connectivity index is 1.66. The summed E-state index contributed by atoms with van der Waals surface area (Å²) >= 11 is 1.83. The molecular weight excluding hydrogens is 266 g/mol. The monoisotopic (exact) mass is 293 g/mol. The standard InChI is InChI=1S/C16H27N3S/c1-12(2)16-18-13(11-20-16)10-19-9-4-3-7-15(19)14-6-5-8-17-14/h11-12,14-15,17H,3-10H2,1-2H3. The van der Waals surface area contributed by atoms with Crippen LogP contribution in [0, 0.1) is 0 Å². The molecule has 1 aromatic heterocycles. The largest absolute Gasteiger partial charge is 0.312 e. The van der Waals surface area contributed by atoms with Gasteiger partial charge in [-0.3, -0.25) is 4.90 Å². The molecular formula is C16H27N3S. The van der Waals surface area contributed by atoms with E-state index in [1.54, 1.807) is 0 Å². The highest BCUT2D eigenvalue weighted by Crippen LogP contribution is 2.27. The van der Waals surface area contributed by atoms with Gasteiger partial charge in [0.1, 0.15) is 0 Å². The number of hydrogen-bond donors (Lipinski definition) is 1. The van der Waals surface area contributed by atoms with Gasteiger partial charge in [-0.1, -0.05) is 20.3 Å². The Hall–Kier alpha value is -0.450. The molecule has 0 bridgehead atoms. The SMILES string of the molecule is CC(C)c1nc(CN2CCCCC2C2CCCN2)cs1. The Kier molecular flexibility index (Phi) is 4.74. The number of nitrogens with zero attached hydrogens (tertiary/aromatic N) is 2. The number of rotatable bonds is 4. The molecule has 4 heteroatoms. The number of likely N-dealkylation sites (tertiary alicyclic amines) is 1. The maximum absolute atomic E-state index is 4.82. The van der Waals surface area contributed by atoms with Crippen molar-refractivity contribution >= 4 is 11.3 Å². The van der Waals surface area contributed by atoms with Gasteiger partial charge in [-0.2, -0.15) is 0 Å². The van der Waals surface area contributed by atoms with Gasteiger partial charge in [0.05, 0.1) is 10.7 Å². The lowest BCUT2D eigenvalue weighted by atomic mass is 9.94. The van der Waals surface area contributed by atoms with Crippen LogP contribution in [0.15, 0.2) is 5.38 Å². The van der Waals surface area contributed by atoms with Gasteiger partial charge in [-0.05, 0) is 38.8 Å². The topological polar surface area (TPSA) is 28.2 Å². The minimum Gasteiger partial charge on any atom is -0.312 e. The van der Waals surface area contributed by atoms with E-state index < -0.39 is 0 Å². The van der Waals surface area contributed by atoms with Crippen molar-refractivity contribution in [2.75, 3.05) is 13.1 Å². The molecule has 2 aliphatic heterocycles. The molecule has 0 saturated carbocycles. The zero-order valence-electron chi connectivity index (χ0n) is 12.8. The van der Waals surface area contributed by atoms with Crippen molar-refractivity contribution < 1.29 is 0 Å². The molecule has 0 aliphatic carbocycles. The van der Waals surface area contributed by atoms with E-state index in [0.29, 0.717) is 5.92 Å². The van der Waals surface area contributed by atoms with Gasteiger partial charge in [-0.15, -0.1) is 11.3 Å². The molecule has 0 radical (unpaired) electrons. The van der Waals surface area contributed by atoms with E-state index >= 15 is 0 Å². The Morgan fingerprint density at radius 3 is 2.95 bits per heavy atom. The number of thiazole rings is 1. The lowest BCUT2D eigenvalue weighted by Gasteiger charge is -2.39. The summed E-state index contributed by atoms with van der Waals surface area (Å²) in [5.74, 6) is 0.558. The smallest absolute Gasteiger partial charge is 0.0954 e. The van der Waals surface area contributed by atoms with Crippen LogP contribution in [0.5, 0.6) is 0 Å². The first-order valence-electron chi connectivity index (χ1n) is 8.16. The second kappa shape index (κ2) is 6.54. The summed E-state index contributed by atoms with van der Waals surface area (Å²) in [5.41, 5.74) is 1.28. The Morgan fingerprint density at radius 2 is 2.25 bits per heavy atom. The number of piperidine rings is 1. The molecule has 20 heavy (non-hydrogen) atoms. The van der Waals surface area contributed by atoms with Crippen LogP contribution in [0.3, 0.4) is 0 Å². The predicted molar refractivity (Wildman–Crippen MR) is 85.3 cm³/mol. The summed E-state index contributed by atoms with van der Waals surface area (Å²) < 4.78 is 0.